The van der Waals surface area contributed by atoms with Crippen molar-refractivity contribution >= 4 is 15.9 Å². The van der Waals surface area contributed by atoms with Gasteiger partial charge in [-0.2, -0.15) is 5.10 Å². The molecule has 0 bridgehead atoms. The Hall–Kier alpha value is -1.20. The third-order valence-electron chi connectivity index (χ3n) is 2.91. The first-order valence-electron chi connectivity index (χ1n) is 6.06. The van der Waals surface area contributed by atoms with Crippen LogP contribution in [0.1, 0.15) is 31.3 Å². The van der Waals surface area contributed by atoms with Gasteiger partial charge in [0.25, 0.3) is 0 Å². The van der Waals surface area contributed by atoms with Gasteiger partial charge in [-0.05, 0) is 31.5 Å². The maximum absolute atomic E-state index is 4.25. The molecule has 0 saturated carbocycles. The van der Waals surface area contributed by atoms with Crippen molar-refractivity contribution in [3.8, 4) is 0 Å². The topological polar surface area (TPSA) is 42.7 Å². The van der Waals surface area contributed by atoms with Crippen LogP contribution in [-0.2, 0) is 13.1 Å². The Bertz CT molecular complexity index is 509. The van der Waals surface area contributed by atoms with Crippen molar-refractivity contribution < 1.29 is 0 Å². The number of nitrogens with one attached hydrogen (secondary N) is 1. The van der Waals surface area contributed by atoms with Crippen LogP contribution in [0.4, 0.5) is 0 Å². The van der Waals surface area contributed by atoms with Crippen LogP contribution in [0.25, 0.3) is 0 Å². The summed E-state index contributed by atoms with van der Waals surface area (Å²) in [6.45, 7) is 5.79. The highest BCUT2D eigenvalue weighted by Crippen LogP contribution is 2.18. The molecule has 0 amide bonds. The quantitative estimate of drug-likeness (QED) is 0.923. The number of hydrogen-bond acceptors (Lipinski definition) is 3. The van der Waals surface area contributed by atoms with Crippen molar-refractivity contribution in [2.45, 2.75) is 33.0 Å². The van der Waals surface area contributed by atoms with Crippen molar-refractivity contribution in [1.82, 2.24) is 20.1 Å². The monoisotopic (exact) mass is 308 g/mol. The van der Waals surface area contributed by atoms with Gasteiger partial charge in [0.15, 0.2) is 0 Å². The van der Waals surface area contributed by atoms with Crippen LogP contribution in [0.5, 0.6) is 0 Å². The van der Waals surface area contributed by atoms with Crippen LogP contribution in [0.15, 0.2) is 35.1 Å². The zero-order chi connectivity index (χ0) is 13.0. The molecule has 0 aliphatic carbocycles. The summed E-state index contributed by atoms with van der Waals surface area (Å²) in [5, 5.41) is 7.62. The Labute approximate surface area is 116 Å². The summed E-state index contributed by atoms with van der Waals surface area (Å²) in [6, 6.07) is 8.61. The zero-order valence-electron chi connectivity index (χ0n) is 10.6. The Morgan fingerprint density at radius 1 is 1.44 bits per heavy atom. The normalized spacial score (nSPS) is 12.6. The Balaban J connectivity index is 1.98. The molecule has 1 N–H and O–H groups in total. The Kier molecular flexibility index (Phi) is 4.49. The molecule has 1 aromatic carbocycles. The van der Waals surface area contributed by atoms with E-state index < -0.39 is 0 Å². The van der Waals surface area contributed by atoms with Gasteiger partial charge in [0.1, 0.15) is 12.2 Å². The second-order valence-electron chi connectivity index (χ2n) is 4.15. The van der Waals surface area contributed by atoms with Crippen LogP contribution in [0.3, 0.4) is 0 Å². The smallest absolute Gasteiger partial charge is 0.140 e. The molecule has 2 rings (SSSR count). The van der Waals surface area contributed by atoms with Crippen molar-refractivity contribution in [3.63, 3.8) is 0 Å². The SMILES string of the molecule is CCn1ncnc1CN[C@@H](C)c1cccc(Br)c1. The summed E-state index contributed by atoms with van der Waals surface area (Å²) in [5.41, 5.74) is 1.26. The molecule has 1 heterocycles. The predicted molar refractivity (Wildman–Crippen MR) is 75.1 cm³/mol. The number of halogens is 1. The molecule has 4 nitrogen and oxygen atoms in total. The van der Waals surface area contributed by atoms with Crippen LogP contribution in [0.2, 0.25) is 0 Å². The molecule has 0 aliphatic heterocycles. The number of benzene rings is 1. The third-order valence-corrected chi connectivity index (χ3v) is 3.40. The fourth-order valence-corrected chi connectivity index (χ4v) is 2.24. The van der Waals surface area contributed by atoms with Crippen molar-refractivity contribution in [3.05, 3.63) is 46.5 Å². The zero-order valence-corrected chi connectivity index (χ0v) is 12.2. The van der Waals surface area contributed by atoms with E-state index in [9.17, 15) is 0 Å². The molecule has 18 heavy (non-hydrogen) atoms. The van der Waals surface area contributed by atoms with Gasteiger partial charge < -0.3 is 5.32 Å². The number of rotatable bonds is 5. The summed E-state index contributed by atoms with van der Waals surface area (Å²) in [5.74, 6) is 0.972. The number of hydrogen-bond donors (Lipinski definition) is 1. The first-order chi connectivity index (χ1) is 8.70. The number of aromatic nitrogens is 3. The average Bonchev–Trinajstić information content (AvgIpc) is 2.83. The predicted octanol–water partition coefficient (Wildman–Crippen LogP) is 2.91. The van der Waals surface area contributed by atoms with Gasteiger partial charge in [0.05, 0.1) is 6.54 Å². The molecule has 1 aromatic heterocycles. The van der Waals surface area contributed by atoms with E-state index in [4.69, 9.17) is 0 Å². The molecular weight excluding hydrogens is 292 g/mol. The van der Waals surface area contributed by atoms with Crippen molar-refractivity contribution in [2.24, 2.45) is 0 Å². The van der Waals surface area contributed by atoms with E-state index in [1.165, 1.54) is 5.56 Å². The fraction of sp³-hybridized carbons (Fsp3) is 0.385. The highest BCUT2D eigenvalue weighted by atomic mass is 79.9. The van der Waals surface area contributed by atoms with Crippen LogP contribution in [0, 0.1) is 0 Å². The molecule has 0 unspecified atom stereocenters. The minimum absolute atomic E-state index is 0.282. The lowest BCUT2D eigenvalue weighted by Crippen LogP contribution is -2.21. The summed E-state index contributed by atoms with van der Waals surface area (Å²) < 4.78 is 3.01. The van der Waals surface area contributed by atoms with Crippen LogP contribution < -0.4 is 5.32 Å². The van der Waals surface area contributed by atoms with Crippen LogP contribution in [-0.4, -0.2) is 14.8 Å². The molecule has 0 fully saturated rings. The fourth-order valence-electron chi connectivity index (χ4n) is 1.83. The van der Waals surface area contributed by atoms with E-state index in [0.717, 1.165) is 23.4 Å². The van der Waals surface area contributed by atoms with Gasteiger partial charge in [-0.3, -0.25) is 0 Å². The van der Waals surface area contributed by atoms with Gasteiger partial charge in [0, 0.05) is 17.1 Å². The first-order valence-corrected chi connectivity index (χ1v) is 6.85. The standard InChI is InChI=1S/C13H17BrN4/c1-3-18-13(16-9-17-18)8-15-10(2)11-5-4-6-12(14)7-11/h4-7,9-10,15H,3,8H2,1-2H3/t10-/m0/s1. The summed E-state index contributed by atoms with van der Waals surface area (Å²) in [6.07, 6.45) is 1.60. The van der Waals surface area contributed by atoms with Gasteiger partial charge in [-0.1, -0.05) is 28.1 Å². The molecule has 0 saturated heterocycles. The minimum Gasteiger partial charge on any atom is -0.303 e. The highest BCUT2D eigenvalue weighted by Gasteiger charge is 2.07. The lowest BCUT2D eigenvalue weighted by Gasteiger charge is -2.14. The molecule has 96 valence electrons. The maximum atomic E-state index is 4.25. The largest absolute Gasteiger partial charge is 0.303 e. The lowest BCUT2D eigenvalue weighted by atomic mass is 10.1. The van der Waals surface area contributed by atoms with Gasteiger partial charge >= 0.3 is 0 Å². The van der Waals surface area contributed by atoms with Crippen LogP contribution >= 0.6 is 15.9 Å². The third kappa shape index (κ3) is 3.17. The molecule has 1 atom stereocenters. The summed E-state index contributed by atoms with van der Waals surface area (Å²) in [4.78, 5) is 4.25. The molecule has 2 aromatic rings. The second kappa shape index (κ2) is 6.11. The minimum atomic E-state index is 0.282. The van der Waals surface area contributed by atoms with Gasteiger partial charge in [-0.15, -0.1) is 0 Å². The lowest BCUT2D eigenvalue weighted by molar-refractivity contribution is 0.523. The molecule has 0 radical (unpaired) electrons. The molecular formula is C13H17BrN4. The Morgan fingerprint density at radius 2 is 2.28 bits per heavy atom. The van der Waals surface area contributed by atoms with Gasteiger partial charge in [-0.25, -0.2) is 9.67 Å². The molecule has 0 aliphatic rings. The van der Waals surface area contributed by atoms with Crippen molar-refractivity contribution in [1.29, 1.82) is 0 Å². The number of aryl methyl sites for hydroxylation is 1. The van der Waals surface area contributed by atoms with Crippen molar-refractivity contribution in [2.75, 3.05) is 0 Å². The van der Waals surface area contributed by atoms with E-state index in [-0.39, 0.29) is 6.04 Å². The molecule has 0 spiro atoms. The molecule has 5 heteroatoms. The maximum Gasteiger partial charge on any atom is 0.140 e. The highest BCUT2D eigenvalue weighted by molar-refractivity contribution is 9.10. The van der Waals surface area contributed by atoms with E-state index in [0.29, 0.717) is 0 Å². The van der Waals surface area contributed by atoms with E-state index in [1.807, 2.05) is 16.8 Å². The van der Waals surface area contributed by atoms with E-state index in [1.54, 1.807) is 6.33 Å². The number of nitrogens with zero attached hydrogens (tertiary/aromatic N) is 3. The van der Waals surface area contributed by atoms with Gasteiger partial charge in [0.2, 0.25) is 0 Å². The summed E-state index contributed by atoms with van der Waals surface area (Å²) in [7, 11) is 0. The first kappa shape index (κ1) is 13.2. The second-order valence-corrected chi connectivity index (χ2v) is 5.07. The Morgan fingerprint density at radius 3 is 3.00 bits per heavy atom. The summed E-state index contributed by atoms with van der Waals surface area (Å²) >= 11 is 3.49. The average molecular weight is 309 g/mol. The van der Waals surface area contributed by atoms with E-state index >= 15 is 0 Å². The van der Waals surface area contributed by atoms with E-state index in [2.05, 4.69) is 57.3 Å².